The third-order valence-corrected chi connectivity index (χ3v) is 3.30. The van der Waals surface area contributed by atoms with Crippen LogP contribution in [-0.4, -0.2) is 30.4 Å². The molecule has 0 radical (unpaired) electrons. The summed E-state index contributed by atoms with van der Waals surface area (Å²) in [7, 11) is 0. The lowest BCUT2D eigenvalue weighted by molar-refractivity contribution is -0.123. The van der Waals surface area contributed by atoms with Crippen LogP contribution in [0.4, 0.5) is 0 Å². The van der Waals surface area contributed by atoms with Gasteiger partial charge in [-0.3, -0.25) is 9.59 Å². The lowest BCUT2D eigenvalue weighted by Crippen LogP contribution is -2.50. The molecule has 0 bridgehead atoms. The van der Waals surface area contributed by atoms with Crippen molar-refractivity contribution in [2.75, 3.05) is 6.54 Å². The Labute approximate surface area is 111 Å². The largest absolute Gasteiger partial charge is 0.472 e. The van der Waals surface area contributed by atoms with Crippen LogP contribution >= 0.6 is 0 Å². The molecule has 104 valence electrons. The molecule has 6 heteroatoms. The maximum Gasteiger partial charge on any atom is 0.255 e. The maximum atomic E-state index is 11.9. The number of rotatable bonds is 6. The van der Waals surface area contributed by atoms with Crippen molar-refractivity contribution in [3.05, 3.63) is 24.2 Å². The monoisotopic (exact) mass is 265 g/mol. The molecule has 1 aliphatic rings. The average Bonchev–Trinajstić information content (AvgIpc) is 3.08. The van der Waals surface area contributed by atoms with Crippen LogP contribution in [0, 0.1) is 5.92 Å². The Kier molecular flexibility index (Phi) is 4.21. The molecule has 0 aliphatic heterocycles. The summed E-state index contributed by atoms with van der Waals surface area (Å²) in [5.74, 6) is -0.0444. The van der Waals surface area contributed by atoms with Crippen LogP contribution in [0.3, 0.4) is 0 Å². The summed E-state index contributed by atoms with van der Waals surface area (Å²) in [6.07, 6.45) is 4.97. The Morgan fingerprint density at radius 1 is 1.47 bits per heavy atom. The zero-order valence-electron chi connectivity index (χ0n) is 10.9. The van der Waals surface area contributed by atoms with Gasteiger partial charge in [-0.25, -0.2) is 0 Å². The van der Waals surface area contributed by atoms with E-state index in [4.69, 9.17) is 10.2 Å². The average molecular weight is 265 g/mol. The highest BCUT2D eigenvalue weighted by Gasteiger charge is 2.32. The Hall–Kier alpha value is -1.82. The minimum absolute atomic E-state index is 0.0146. The van der Waals surface area contributed by atoms with Crippen LogP contribution in [0.25, 0.3) is 0 Å². The number of nitrogens with one attached hydrogen (secondary N) is 2. The standard InChI is InChI=1S/C13H19N3O3/c1-8(15-13(18)10-4-5-19-7-10)12(17)16-11(6-14)9-2-3-9/h4-5,7-9,11H,2-3,6,14H2,1H3,(H,15,18)(H,16,17). The number of hydrogen-bond donors (Lipinski definition) is 3. The van der Waals surface area contributed by atoms with E-state index in [1.165, 1.54) is 12.5 Å². The van der Waals surface area contributed by atoms with Crippen molar-refractivity contribution in [3.8, 4) is 0 Å². The van der Waals surface area contributed by atoms with Crippen LogP contribution in [0.5, 0.6) is 0 Å². The molecule has 2 atom stereocenters. The molecule has 1 aliphatic carbocycles. The highest BCUT2D eigenvalue weighted by atomic mass is 16.3. The zero-order chi connectivity index (χ0) is 13.8. The molecule has 0 saturated heterocycles. The second kappa shape index (κ2) is 5.88. The van der Waals surface area contributed by atoms with Crippen molar-refractivity contribution in [3.63, 3.8) is 0 Å². The van der Waals surface area contributed by atoms with E-state index in [-0.39, 0.29) is 17.9 Å². The van der Waals surface area contributed by atoms with E-state index < -0.39 is 6.04 Å². The number of amides is 2. The van der Waals surface area contributed by atoms with Crippen molar-refractivity contribution in [2.24, 2.45) is 11.7 Å². The molecule has 1 fully saturated rings. The Morgan fingerprint density at radius 3 is 2.74 bits per heavy atom. The van der Waals surface area contributed by atoms with Gasteiger partial charge in [0.05, 0.1) is 11.8 Å². The molecule has 2 unspecified atom stereocenters. The number of hydrogen-bond acceptors (Lipinski definition) is 4. The fraction of sp³-hybridized carbons (Fsp3) is 0.538. The molecule has 0 spiro atoms. The van der Waals surface area contributed by atoms with E-state index in [1.54, 1.807) is 13.0 Å². The Bertz CT molecular complexity index is 440. The molecule has 1 aromatic heterocycles. The summed E-state index contributed by atoms with van der Waals surface area (Å²) >= 11 is 0. The molecule has 4 N–H and O–H groups in total. The van der Waals surface area contributed by atoms with E-state index >= 15 is 0 Å². The summed E-state index contributed by atoms with van der Waals surface area (Å²) < 4.78 is 4.82. The molecular formula is C13H19N3O3. The summed E-state index contributed by atoms with van der Waals surface area (Å²) in [6, 6.07) is 0.961. The second-order valence-corrected chi connectivity index (χ2v) is 4.90. The fourth-order valence-electron chi connectivity index (χ4n) is 1.91. The molecule has 19 heavy (non-hydrogen) atoms. The van der Waals surface area contributed by atoms with Gasteiger partial charge in [0, 0.05) is 12.6 Å². The summed E-state index contributed by atoms with van der Waals surface area (Å²) in [6.45, 7) is 2.08. The van der Waals surface area contributed by atoms with Crippen molar-refractivity contribution in [2.45, 2.75) is 31.8 Å². The topological polar surface area (TPSA) is 97.4 Å². The normalized spacial score (nSPS) is 17.6. The van der Waals surface area contributed by atoms with Gasteiger partial charge < -0.3 is 20.8 Å². The Balaban J connectivity index is 1.83. The van der Waals surface area contributed by atoms with E-state index in [0.717, 1.165) is 12.8 Å². The van der Waals surface area contributed by atoms with Gasteiger partial charge in [-0.05, 0) is 31.7 Å². The van der Waals surface area contributed by atoms with E-state index in [1.807, 2.05) is 0 Å². The van der Waals surface area contributed by atoms with Gasteiger partial charge in [-0.1, -0.05) is 0 Å². The summed E-state index contributed by atoms with van der Waals surface area (Å²) in [5, 5.41) is 5.50. The quantitative estimate of drug-likeness (QED) is 0.687. The van der Waals surface area contributed by atoms with Gasteiger partial charge in [-0.15, -0.1) is 0 Å². The molecule has 1 saturated carbocycles. The second-order valence-electron chi connectivity index (χ2n) is 4.90. The highest BCUT2D eigenvalue weighted by molar-refractivity contribution is 5.97. The Morgan fingerprint density at radius 2 is 2.21 bits per heavy atom. The lowest BCUT2D eigenvalue weighted by Gasteiger charge is -2.19. The van der Waals surface area contributed by atoms with Gasteiger partial charge in [0.1, 0.15) is 12.3 Å². The third-order valence-electron chi connectivity index (χ3n) is 3.30. The number of nitrogens with two attached hydrogens (primary N) is 1. The molecule has 2 amide bonds. The van der Waals surface area contributed by atoms with Gasteiger partial charge in [0.25, 0.3) is 5.91 Å². The van der Waals surface area contributed by atoms with Gasteiger partial charge in [0.2, 0.25) is 5.91 Å². The summed E-state index contributed by atoms with van der Waals surface area (Å²) in [4.78, 5) is 23.7. The van der Waals surface area contributed by atoms with E-state index in [0.29, 0.717) is 18.0 Å². The fourth-order valence-corrected chi connectivity index (χ4v) is 1.91. The molecule has 6 nitrogen and oxygen atoms in total. The van der Waals surface area contributed by atoms with Crippen LogP contribution in [0.15, 0.2) is 23.0 Å². The number of carbonyl (C=O) groups excluding carboxylic acids is 2. The maximum absolute atomic E-state index is 11.9. The first-order chi connectivity index (χ1) is 9.11. The predicted octanol–water partition coefficient (Wildman–Crippen LogP) is 0.251. The molecule has 1 aromatic rings. The first kappa shape index (κ1) is 13.6. The van der Waals surface area contributed by atoms with Crippen LogP contribution in [0.2, 0.25) is 0 Å². The van der Waals surface area contributed by atoms with Crippen LogP contribution in [0.1, 0.15) is 30.1 Å². The number of furan rings is 1. The van der Waals surface area contributed by atoms with Crippen LogP contribution in [-0.2, 0) is 4.79 Å². The highest BCUT2D eigenvalue weighted by Crippen LogP contribution is 2.32. The minimum Gasteiger partial charge on any atom is -0.472 e. The smallest absolute Gasteiger partial charge is 0.255 e. The van der Waals surface area contributed by atoms with Gasteiger partial charge in [0.15, 0.2) is 0 Å². The predicted molar refractivity (Wildman–Crippen MR) is 69.3 cm³/mol. The van der Waals surface area contributed by atoms with Crippen molar-refractivity contribution in [1.29, 1.82) is 0 Å². The van der Waals surface area contributed by atoms with Crippen molar-refractivity contribution in [1.82, 2.24) is 10.6 Å². The molecule has 0 aromatic carbocycles. The summed E-state index contributed by atoms with van der Waals surface area (Å²) in [5.41, 5.74) is 6.03. The van der Waals surface area contributed by atoms with Crippen molar-refractivity contribution >= 4 is 11.8 Å². The number of carbonyl (C=O) groups is 2. The first-order valence-electron chi connectivity index (χ1n) is 6.45. The molecule has 2 rings (SSSR count). The lowest BCUT2D eigenvalue weighted by atomic mass is 10.1. The van der Waals surface area contributed by atoms with Crippen molar-refractivity contribution < 1.29 is 14.0 Å². The first-order valence-corrected chi connectivity index (χ1v) is 6.45. The SMILES string of the molecule is CC(NC(=O)c1ccoc1)C(=O)NC(CN)C1CC1. The van der Waals surface area contributed by atoms with E-state index in [9.17, 15) is 9.59 Å². The minimum atomic E-state index is -0.602. The zero-order valence-corrected chi connectivity index (χ0v) is 10.9. The van der Waals surface area contributed by atoms with E-state index in [2.05, 4.69) is 10.6 Å². The third kappa shape index (κ3) is 3.57. The van der Waals surface area contributed by atoms with Gasteiger partial charge in [-0.2, -0.15) is 0 Å². The molecule has 1 heterocycles. The van der Waals surface area contributed by atoms with Crippen LogP contribution < -0.4 is 16.4 Å². The molecular weight excluding hydrogens is 246 g/mol. The van der Waals surface area contributed by atoms with Gasteiger partial charge >= 0.3 is 0 Å².